The molecule has 0 saturated heterocycles. The maximum Gasteiger partial charge on any atom is 0.573 e. The lowest BCUT2D eigenvalue weighted by molar-refractivity contribution is -0.274. The molecule has 1 saturated carbocycles. The maximum atomic E-state index is 12.3. The normalized spacial score (nSPS) is 17.8. The highest BCUT2D eigenvalue weighted by Gasteiger charge is 2.31. The van der Waals surface area contributed by atoms with E-state index in [2.05, 4.69) is 58.1 Å². The van der Waals surface area contributed by atoms with Gasteiger partial charge in [0.2, 0.25) is 5.82 Å². The lowest BCUT2D eigenvalue weighted by Crippen LogP contribution is -2.29. The van der Waals surface area contributed by atoms with E-state index in [1.165, 1.54) is 35.4 Å². The summed E-state index contributed by atoms with van der Waals surface area (Å²) in [6.07, 6.45) is 1.28. The van der Waals surface area contributed by atoms with Gasteiger partial charge in [0.15, 0.2) is 0 Å². The minimum Gasteiger partial charge on any atom is -0.406 e. The number of nitrogens with zero attached hydrogens (tertiary/aromatic N) is 3. The highest BCUT2D eigenvalue weighted by Crippen LogP contribution is 2.39. The van der Waals surface area contributed by atoms with Gasteiger partial charge in [-0.3, -0.25) is 0 Å². The van der Waals surface area contributed by atoms with Crippen molar-refractivity contribution in [1.29, 1.82) is 0 Å². The number of ether oxygens (including phenoxy) is 1. The summed E-state index contributed by atoms with van der Waals surface area (Å²) in [5.41, 5.74) is 3.16. The van der Waals surface area contributed by atoms with Crippen molar-refractivity contribution in [2.45, 2.75) is 38.1 Å². The Morgan fingerprint density at radius 3 is 2.30 bits per heavy atom. The van der Waals surface area contributed by atoms with Crippen LogP contribution in [0.3, 0.4) is 0 Å². The number of aromatic nitrogens is 2. The first kappa shape index (κ1) is 23.0. The molecule has 1 aromatic heterocycles. The molecule has 3 aromatic rings. The highest BCUT2D eigenvalue weighted by molar-refractivity contribution is 5.57. The smallest absolute Gasteiger partial charge is 0.406 e. The quantitative estimate of drug-likeness (QED) is 0.422. The number of hydrogen-bond donors (Lipinski definition) is 0. The van der Waals surface area contributed by atoms with Crippen LogP contribution < -0.4 is 4.74 Å². The molecule has 1 atom stereocenters. The fourth-order valence-electron chi connectivity index (χ4n) is 4.50. The van der Waals surface area contributed by atoms with E-state index < -0.39 is 6.36 Å². The summed E-state index contributed by atoms with van der Waals surface area (Å²) in [6.45, 7) is 0. The molecular weight excluding hydrogens is 431 g/mol. The van der Waals surface area contributed by atoms with Gasteiger partial charge in [-0.15, -0.1) is 13.2 Å². The third kappa shape index (κ3) is 6.01. The Kier molecular flexibility index (Phi) is 6.83. The van der Waals surface area contributed by atoms with Crippen molar-refractivity contribution in [2.24, 2.45) is 5.92 Å². The van der Waals surface area contributed by atoms with Crippen molar-refractivity contribution in [2.75, 3.05) is 14.1 Å². The average Bonchev–Trinajstić information content (AvgIpc) is 3.23. The largest absolute Gasteiger partial charge is 0.573 e. The molecule has 1 aliphatic carbocycles. The van der Waals surface area contributed by atoms with Crippen LogP contribution in [-0.4, -0.2) is 35.5 Å². The minimum atomic E-state index is -4.72. The number of benzene rings is 2. The standard InChI is InChI=1S/C25H26F3N3O2/c1-31(2)23(18-6-4-3-5-7-18)19-10-8-17(9-11-19)16-22-29-24(30-33-22)20-12-14-21(15-13-20)32-25(26,27)28/h3-7,12-16,19,23H,8-11H2,1-2H3. The Morgan fingerprint density at radius 1 is 1.03 bits per heavy atom. The van der Waals surface area contributed by atoms with E-state index in [-0.39, 0.29) is 5.75 Å². The van der Waals surface area contributed by atoms with Gasteiger partial charge in [-0.25, -0.2) is 0 Å². The first-order valence-electron chi connectivity index (χ1n) is 10.9. The Hall–Kier alpha value is -3.13. The second-order valence-corrected chi connectivity index (χ2v) is 8.49. The SMILES string of the molecule is CN(C)C(c1ccccc1)C1CCC(=Cc2nc(-c3ccc(OC(F)(F)F)cc3)no2)CC1. The van der Waals surface area contributed by atoms with Crippen LogP contribution in [0.25, 0.3) is 17.5 Å². The summed E-state index contributed by atoms with van der Waals surface area (Å²) < 4.78 is 46.2. The Bertz CT molecular complexity index is 1070. The van der Waals surface area contributed by atoms with E-state index in [1.807, 2.05) is 12.1 Å². The molecule has 0 bridgehead atoms. The van der Waals surface area contributed by atoms with Crippen molar-refractivity contribution >= 4 is 6.08 Å². The van der Waals surface area contributed by atoms with Crippen LogP contribution in [0, 0.1) is 5.92 Å². The third-order valence-electron chi connectivity index (χ3n) is 5.93. The average molecular weight is 457 g/mol. The minimum absolute atomic E-state index is 0.291. The molecular formula is C25H26F3N3O2. The Balaban J connectivity index is 1.39. The summed E-state index contributed by atoms with van der Waals surface area (Å²) in [5, 5.41) is 3.96. The van der Waals surface area contributed by atoms with Gasteiger partial charge in [-0.1, -0.05) is 41.1 Å². The molecule has 174 valence electrons. The van der Waals surface area contributed by atoms with E-state index in [0.717, 1.165) is 25.7 Å². The molecule has 0 amide bonds. The summed E-state index contributed by atoms with van der Waals surface area (Å²) in [7, 11) is 4.26. The molecule has 5 nitrogen and oxygen atoms in total. The molecule has 1 unspecified atom stereocenters. The molecule has 1 fully saturated rings. The molecule has 33 heavy (non-hydrogen) atoms. The number of alkyl halides is 3. The van der Waals surface area contributed by atoms with Gasteiger partial charge in [0.1, 0.15) is 5.75 Å². The summed E-state index contributed by atoms with van der Waals surface area (Å²) >= 11 is 0. The molecule has 1 heterocycles. The molecule has 0 aliphatic heterocycles. The zero-order valence-electron chi connectivity index (χ0n) is 18.5. The zero-order valence-corrected chi connectivity index (χ0v) is 18.5. The first-order valence-corrected chi connectivity index (χ1v) is 10.9. The van der Waals surface area contributed by atoms with Crippen LogP contribution in [0.1, 0.15) is 43.2 Å². The van der Waals surface area contributed by atoms with Gasteiger partial charge in [-0.05, 0) is 75.5 Å². The second kappa shape index (κ2) is 9.79. The zero-order chi connectivity index (χ0) is 23.4. The summed E-state index contributed by atoms with van der Waals surface area (Å²) in [6, 6.07) is 16.4. The van der Waals surface area contributed by atoms with Gasteiger partial charge in [0.05, 0.1) is 0 Å². The van der Waals surface area contributed by atoms with Crippen LogP contribution in [0.5, 0.6) is 5.75 Å². The lowest BCUT2D eigenvalue weighted by atomic mass is 9.78. The molecule has 0 N–H and O–H groups in total. The van der Waals surface area contributed by atoms with E-state index in [4.69, 9.17) is 4.52 Å². The second-order valence-electron chi connectivity index (χ2n) is 8.49. The van der Waals surface area contributed by atoms with Crippen molar-refractivity contribution in [3.8, 4) is 17.1 Å². The van der Waals surface area contributed by atoms with Gasteiger partial charge < -0.3 is 14.2 Å². The number of rotatable bonds is 6. The van der Waals surface area contributed by atoms with Gasteiger partial charge in [0.25, 0.3) is 5.89 Å². The fraction of sp³-hybridized carbons (Fsp3) is 0.360. The highest BCUT2D eigenvalue weighted by atomic mass is 19.4. The predicted molar refractivity (Wildman–Crippen MR) is 119 cm³/mol. The Morgan fingerprint density at radius 2 is 1.70 bits per heavy atom. The molecule has 0 spiro atoms. The maximum absolute atomic E-state index is 12.3. The molecule has 2 aromatic carbocycles. The van der Waals surface area contributed by atoms with E-state index in [0.29, 0.717) is 29.2 Å². The predicted octanol–water partition coefficient (Wildman–Crippen LogP) is 6.51. The van der Waals surface area contributed by atoms with Crippen LogP contribution in [-0.2, 0) is 0 Å². The molecule has 4 rings (SSSR count). The van der Waals surface area contributed by atoms with Crippen LogP contribution in [0.2, 0.25) is 0 Å². The van der Waals surface area contributed by atoms with Crippen molar-refractivity contribution in [3.63, 3.8) is 0 Å². The van der Waals surface area contributed by atoms with Crippen molar-refractivity contribution < 1.29 is 22.4 Å². The van der Waals surface area contributed by atoms with Crippen molar-refractivity contribution in [1.82, 2.24) is 15.0 Å². The monoisotopic (exact) mass is 457 g/mol. The molecule has 8 heteroatoms. The van der Waals surface area contributed by atoms with Gasteiger partial charge >= 0.3 is 6.36 Å². The molecule has 0 radical (unpaired) electrons. The third-order valence-corrected chi connectivity index (χ3v) is 5.93. The Labute approximate surface area is 190 Å². The van der Waals surface area contributed by atoms with E-state index in [9.17, 15) is 13.2 Å². The number of halogens is 3. The van der Waals surface area contributed by atoms with Gasteiger partial charge in [-0.2, -0.15) is 4.98 Å². The number of allylic oxidation sites excluding steroid dienone is 1. The molecule has 1 aliphatic rings. The summed E-state index contributed by atoms with van der Waals surface area (Å²) in [4.78, 5) is 6.68. The van der Waals surface area contributed by atoms with Crippen LogP contribution in [0.15, 0.2) is 64.7 Å². The van der Waals surface area contributed by atoms with Crippen LogP contribution in [0.4, 0.5) is 13.2 Å². The first-order chi connectivity index (χ1) is 15.8. The topological polar surface area (TPSA) is 51.4 Å². The van der Waals surface area contributed by atoms with Crippen molar-refractivity contribution in [3.05, 3.63) is 71.6 Å². The van der Waals surface area contributed by atoms with E-state index in [1.54, 1.807) is 0 Å². The summed E-state index contributed by atoms with van der Waals surface area (Å²) in [5.74, 6) is 1.00. The number of hydrogen-bond acceptors (Lipinski definition) is 5. The lowest BCUT2D eigenvalue weighted by Gasteiger charge is -2.36. The van der Waals surface area contributed by atoms with Gasteiger partial charge in [0, 0.05) is 17.7 Å². The van der Waals surface area contributed by atoms with Crippen LogP contribution >= 0.6 is 0 Å². The van der Waals surface area contributed by atoms with E-state index >= 15 is 0 Å². The fourth-order valence-corrected chi connectivity index (χ4v) is 4.50.